The van der Waals surface area contributed by atoms with Gasteiger partial charge in [0.2, 0.25) is 0 Å². The van der Waals surface area contributed by atoms with Gasteiger partial charge in [-0.05, 0) is 37.5 Å². The van der Waals surface area contributed by atoms with E-state index in [0.29, 0.717) is 16.5 Å². The van der Waals surface area contributed by atoms with Gasteiger partial charge in [-0.15, -0.1) is 11.8 Å². The van der Waals surface area contributed by atoms with E-state index in [-0.39, 0.29) is 18.1 Å². The summed E-state index contributed by atoms with van der Waals surface area (Å²) in [6, 6.07) is 7.14. The fourth-order valence-corrected chi connectivity index (χ4v) is 3.64. The normalized spacial score (nSPS) is 17.6. The highest BCUT2D eigenvalue weighted by Crippen LogP contribution is 2.32. The lowest BCUT2D eigenvalue weighted by Crippen LogP contribution is -2.47. The summed E-state index contributed by atoms with van der Waals surface area (Å²) in [6.45, 7) is 11.8. The molecule has 0 aliphatic carbocycles. The fourth-order valence-electron chi connectivity index (χ4n) is 2.81. The first kappa shape index (κ1) is 20.4. The van der Waals surface area contributed by atoms with Gasteiger partial charge in [0.25, 0.3) is 0 Å². The molecule has 142 valence electrons. The van der Waals surface area contributed by atoms with Gasteiger partial charge in [-0.3, -0.25) is 0 Å². The predicted octanol–water partition coefficient (Wildman–Crippen LogP) is 4.40. The number of carbonyl (C=O) groups excluding carboxylic acids is 2. The second kappa shape index (κ2) is 8.62. The maximum Gasteiger partial charge on any atom is 0.338 e. The first-order chi connectivity index (χ1) is 12.2. The lowest BCUT2D eigenvalue weighted by molar-refractivity contribution is -0.143. The van der Waals surface area contributed by atoms with Crippen LogP contribution in [0.5, 0.6) is 0 Å². The summed E-state index contributed by atoms with van der Waals surface area (Å²) in [6.07, 6.45) is -0.230. The van der Waals surface area contributed by atoms with E-state index in [0.717, 1.165) is 10.5 Å². The van der Waals surface area contributed by atoms with Crippen LogP contribution in [-0.2, 0) is 9.53 Å². The van der Waals surface area contributed by atoms with Crippen molar-refractivity contribution >= 4 is 23.8 Å². The smallest absolute Gasteiger partial charge is 0.338 e. The zero-order valence-electron chi connectivity index (χ0n) is 16.3. The molecule has 2 amide bonds. The van der Waals surface area contributed by atoms with Crippen molar-refractivity contribution in [1.29, 1.82) is 0 Å². The summed E-state index contributed by atoms with van der Waals surface area (Å²) >= 11 is 1.77. The molecule has 5 nitrogen and oxygen atoms in total. The standard InChI is InChI=1S/C20H28N2O3S/c1-11(2)17-16(19(23)25-12(3)4)18(22-20(24)21-17)14-7-9-15(10-8-14)26-13(5)6/h7-13,18H,1-6H3,(H2,21,22,24). The van der Waals surface area contributed by atoms with Crippen LogP contribution in [0.2, 0.25) is 0 Å². The molecule has 0 radical (unpaired) electrons. The second-order valence-corrected chi connectivity index (χ2v) is 8.85. The van der Waals surface area contributed by atoms with Crippen molar-refractivity contribution in [2.24, 2.45) is 5.92 Å². The van der Waals surface area contributed by atoms with Crippen LogP contribution in [0.25, 0.3) is 0 Å². The maximum absolute atomic E-state index is 12.8. The quantitative estimate of drug-likeness (QED) is 0.570. The Bertz CT molecular complexity index is 694. The number of amides is 2. The molecule has 6 heteroatoms. The lowest BCUT2D eigenvalue weighted by atomic mass is 9.91. The largest absolute Gasteiger partial charge is 0.459 e. The number of thioether (sulfide) groups is 1. The number of hydrogen-bond donors (Lipinski definition) is 2. The number of urea groups is 1. The summed E-state index contributed by atoms with van der Waals surface area (Å²) in [4.78, 5) is 26.1. The third-order valence-electron chi connectivity index (χ3n) is 3.83. The van der Waals surface area contributed by atoms with Crippen LogP contribution in [0.15, 0.2) is 40.4 Å². The number of nitrogens with one attached hydrogen (secondary N) is 2. The van der Waals surface area contributed by atoms with Gasteiger partial charge in [-0.25, -0.2) is 9.59 Å². The first-order valence-electron chi connectivity index (χ1n) is 8.98. The monoisotopic (exact) mass is 376 g/mol. The van der Waals surface area contributed by atoms with Gasteiger partial charge in [0.15, 0.2) is 0 Å². The topological polar surface area (TPSA) is 67.4 Å². The SMILES string of the molecule is CC(C)OC(=O)C1=C(C(C)C)NC(=O)NC1c1ccc(SC(C)C)cc1. The van der Waals surface area contributed by atoms with E-state index < -0.39 is 12.0 Å². The minimum absolute atomic E-state index is 0.00553. The van der Waals surface area contributed by atoms with Gasteiger partial charge in [0, 0.05) is 15.8 Å². The van der Waals surface area contributed by atoms with E-state index in [4.69, 9.17) is 4.74 Å². The molecule has 1 aromatic rings. The van der Waals surface area contributed by atoms with E-state index in [1.165, 1.54) is 0 Å². The molecule has 0 spiro atoms. The van der Waals surface area contributed by atoms with Crippen LogP contribution < -0.4 is 10.6 Å². The van der Waals surface area contributed by atoms with E-state index in [9.17, 15) is 9.59 Å². The van der Waals surface area contributed by atoms with Crippen molar-refractivity contribution in [3.05, 3.63) is 41.1 Å². The number of ether oxygens (including phenoxy) is 1. The van der Waals surface area contributed by atoms with Crippen molar-refractivity contribution in [2.45, 2.75) is 63.8 Å². The molecular weight excluding hydrogens is 348 g/mol. The van der Waals surface area contributed by atoms with Crippen LogP contribution in [0.3, 0.4) is 0 Å². The Morgan fingerprint density at radius 1 is 1.08 bits per heavy atom. The average Bonchev–Trinajstić information content (AvgIpc) is 2.53. The molecule has 0 saturated carbocycles. The molecular formula is C20H28N2O3S. The molecule has 0 bridgehead atoms. The molecule has 2 rings (SSSR count). The van der Waals surface area contributed by atoms with Crippen LogP contribution in [0.4, 0.5) is 4.79 Å². The summed E-state index contributed by atoms with van der Waals surface area (Å²) in [7, 11) is 0. The third kappa shape index (κ3) is 5.04. The van der Waals surface area contributed by atoms with Crippen molar-refractivity contribution < 1.29 is 14.3 Å². The lowest BCUT2D eigenvalue weighted by Gasteiger charge is -2.31. The zero-order chi connectivity index (χ0) is 19.4. The van der Waals surface area contributed by atoms with Crippen molar-refractivity contribution in [1.82, 2.24) is 10.6 Å². The minimum atomic E-state index is -0.523. The summed E-state index contributed by atoms with van der Waals surface area (Å²) in [5.74, 6) is -0.407. The molecule has 2 N–H and O–H groups in total. The van der Waals surface area contributed by atoms with Gasteiger partial charge < -0.3 is 15.4 Å². The number of allylic oxidation sites excluding steroid dienone is 1. The number of benzene rings is 1. The molecule has 0 fully saturated rings. The molecule has 1 unspecified atom stereocenters. The average molecular weight is 377 g/mol. The van der Waals surface area contributed by atoms with Crippen LogP contribution in [0.1, 0.15) is 53.1 Å². The highest BCUT2D eigenvalue weighted by molar-refractivity contribution is 7.99. The van der Waals surface area contributed by atoms with Gasteiger partial charge in [-0.2, -0.15) is 0 Å². The van der Waals surface area contributed by atoms with E-state index >= 15 is 0 Å². The summed E-state index contributed by atoms with van der Waals surface area (Å²) < 4.78 is 5.44. The molecule has 1 aromatic carbocycles. The van der Waals surface area contributed by atoms with E-state index in [1.807, 2.05) is 52.0 Å². The highest BCUT2D eigenvalue weighted by atomic mass is 32.2. The fraction of sp³-hybridized carbons (Fsp3) is 0.500. The Kier molecular flexibility index (Phi) is 6.75. The molecule has 0 aromatic heterocycles. The van der Waals surface area contributed by atoms with Crippen LogP contribution >= 0.6 is 11.8 Å². The second-order valence-electron chi connectivity index (χ2n) is 7.20. The van der Waals surface area contributed by atoms with Crippen molar-refractivity contribution in [3.8, 4) is 0 Å². The molecule has 1 atom stereocenters. The minimum Gasteiger partial charge on any atom is -0.459 e. The van der Waals surface area contributed by atoms with Crippen molar-refractivity contribution in [3.63, 3.8) is 0 Å². The summed E-state index contributed by atoms with van der Waals surface area (Å²) in [5.41, 5.74) is 1.95. The number of hydrogen-bond acceptors (Lipinski definition) is 4. The number of carbonyl (C=O) groups is 2. The van der Waals surface area contributed by atoms with Gasteiger partial charge in [0.05, 0.1) is 17.7 Å². The Morgan fingerprint density at radius 2 is 1.69 bits per heavy atom. The third-order valence-corrected chi connectivity index (χ3v) is 4.84. The Labute approximate surface area is 160 Å². The van der Waals surface area contributed by atoms with Gasteiger partial charge in [-0.1, -0.05) is 39.8 Å². The molecule has 26 heavy (non-hydrogen) atoms. The van der Waals surface area contributed by atoms with Gasteiger partial charge >= 0.3 is 12.0 Å². The number of rotatable bonds is 6. The van der Waals surface area contributed by atoms with Crippen LogP contribution in [0, 0.1) is 5.92 Å². The molecule has 1 aliphatic heterocycles. The molecule has 1 aliphatic rings. The Balaban J connectivity index is 2.43. The van der Waals surface area contributed by atoms with Crippen molar-refractivity contribution in [2.75, 3.05) is 0 Å². The van der Waals surface area contributed by atoms with E-state index in [2.05, 4.69) is 24.5 Å². The van der Waals surface area contributed by atoms with E-state index in [1.54, 1.807) is 11.8 Å². The molecule has 1 heterocycles. The summed E-state index contributed by atoms with van der Waals surface area (Å²) in [5, 5.41) is 6.14. The Hall–Kier alpha value is -1.95. The Morgan fingerprint density at radius 3 is 2.19 bits per heavy atom. The number of esters is 1. The van der Waals surface area contributed by atoms with Crippen LogP contribution in [-0.4, -0.2) is 23.4 Å². The predicted molar refractivity (Wildman–Crippen MR) is 105 cm³/mol. The first-order valence-corrected chi connectivity index (χ1v) is 9.86. The molecule has 0 saturated heterocycles. The highest BCUT2D eigenvalue weighted by Gasteiger charge is 2.35. The zero-order valence-corrected chi connectivity index (χ0v) is 17.1. The maximum atomic E-state index is 12.8. The van der Waals surface area contributed by atoms with Gasteiger partial charge in [0.1, 0.15) is 0 Å².